The molecule has 2 N–H and O–H groups in total. The Morgan fingerprint density at radius 3 is 2.20 bits per heavy atom. The van der Waals surface area contributed by atoms with Crippen LogP contribution >= 0.6 is 7.82 Å². The topological polar surface area (TPSA) is 76.0 Å². The number of para-hydroxylation sites is 1. The van der Waals surface area contributed by atoms with Gasteiger partial charge in [0.15, 0.2) is 6.79 Å². The first-order valence-electron chi connectivity index (χ1n) is 3.46. The van der Waals surface area contributed by atoms with E-state index in [0.29, 0.717) is 5.75 Å². The van der Waals surface area contributed by atoms with E-state index in [1.165, 1.54) is 0 Å². The van der Waals surface area contributed by atoms with Crippen LogP contribution in [0, 0.1) is 0 Å². The van der Waals surface area contributed by atoms with Crippen LogP contribution in [0.2, 0.25) is 0 Å². The molecule has 0 heterocycles. The van der Waals surface area contributed by atoms with Crippen LogP contribution in [0.1, 0.15) is 2.85 Å². The largest absolute Gasteiger partial charge is 1.00 e. The quantitative estimate of drug-likeness (QED) is 0.320. The Morgan fingerprint density at radius 2 is 1.73 bits per heavy atom. The number of hydrogen-bond donors (Lipinski definition) is 2. The van der Waals surface area contributed by atoms with Gasteiger partial charge in [0.1, 0.15) is 5.75 Å². The van der Waals surface area contributed by atoms with Crippen molar-refractivity contribution in [3.63, 3.8) is 0 Å². The summed E-state index contributed by atoms with van der Waals surface area (Å²) in [5, 5.41) is 0. The molecule has 76 valence electrons. The van der Waals surface area contributed by atoms with Crippen LogP contribution in [0.5, 0.6) is 5.75 Å². The number of phosphoric ester groups is 1. The molecule has 0 aliphatic carbocycles. The smallest absolute Gasteiger partial charge is 1.00 e. The molecule has 0 aromatic heterocycles. The van der Waals surface area contributed by atoms with Crippen LogP contribution in [0.15, 0.2) is 30.3 Å². The second kappa shape index (κ2) is 9.19. The van der Waals surface area contributed by atoms with E-state index in [2.05, 4.69) is 4.52 Å². The van der Waals surface area contributed by atoms with Crippen LogP contribution in [0.4, 0.5) is 0 Å². The molecule has 0 unspecified atom stereocenters. The summed E-state index contributed by atoms with van der Waals surface area (Å²) in [6.45, 7) is -0.464. The summed E-state index contributed by atoms with van der Waals surface area (Å²) >= 11 is 0. The Morgan fingerprint density at radius 1 is 1.20 bits per heavy atom. The first-order chi connectivity index (χ1) is 6.08. The molecule has 0 fully saturated rings. The van der Waals surface area contributed by atoms with Crippen molar-refractivity contribution in [2.75, 3.05) is 6.79 Å². The Kier molecular flexibility index (Phi) is 11.3. The molecule has 0 aliphatic rings. The third-order valence-corrected chi connectivity index (χ3v) is 1.63. The van der Waals surface area contributed by atoms with E-state index in [9.17, 15) is 4.57 Å². The van der Waals surface area contributed by atoms with E-state index in [1.54, 1.807) is 30.3 Å². The van der Waals surface area contributed by atoms with Gasteiger partial charge in [0.25, 0.3) is 0 Å². The van der Waals surface area contributed by atoms with Crippen molar-refractivity contribution >= 4 is 7.82 Å². The predicted molar refractivity (Wildman–Crippen MR) is 47.3 cm³/mol. The normalized spacial score (nSPS) is 9.73. The number of ether oxygens (including phenoxy) is 1. The van der Waals surface area contributed by atoms with Crippen molar-refractivity contribution in [3.8, 4) is 5.75 Å². The minimum Gasteiger partial charge on any atom is -1.00 e. The van der Waals surface area contributed by atoms with E-state index < -0.39 is 14.6 Å². The van der Waals surface area contributed by atoms with Crippen LogP contribution < -0.4 is 63.9 Å². The predicted octanol–water partition coefficient (Wildman–Crippen LogP) is -4.63. The molecule has 0 aliphatic heterocycles. The van der Waals surface area contributed by atoms with Crippen molar-refractivity contribution in [1.29, 1.82) is 0 Å². The number of phosphoric acid groups is 1. The Hall–Kier alpha value is 1.13. The first kappa shape index (κ1) is 18.5. The third kappa shape index (κ3) is 10.0. The van der Waals surface area contributed by atoms with Gasteiger partial charge in [-0.25, -0.2) is 9.09 Å². The maximum Gasteiger partial charge on any atom is 1.00 e. The van der Waals surface area contributed by atoms with E-state index in [0.717, 1.165) is 0 Å². The van der Waals surface area contributed by atoms with Crippen LogP contribution in [-0.2, 0) is 9.09 Å². The summed E-state index contributed by atoms with van der Waals surface area (Å²) in [5.41, 5.74) is 0. The molecule has 0 amide bonds. The summed E-state index contributed by atoms with van der Waals surface area (Å²) in [5.74, 6) is 0.496. The van der Waals surface area contributed by atoms with Crippen molar-refractivity contribution in [1.82, 2.24) is 0 Å². The zero-order chi connectivity index (χ0) is 9.73. The van der Waals surface area contributed by atoms with Gasteiger partial charge in [-0.2, -0.15) is 0 Å². The van der Waals surface area contributed by atoms with Gasteiger partial charge in [0, 0.05) is 0 Å². The van der Waals surface area contributed by atoms with Crippen LogP contribution in [-0.4, -0.2) is 16.6 Å². The molecule has 1 rings (SSSR count). The Balaban J connectivity index is -0.000000211. The van der Waals surface area contributed by atoms with Gasteiger partial charge < -0.3 is 17.4 Å². The summed E-state index contributed by atoms with van der Waals surface area (Å²) in [6, 6.07) is 8.60. The maximum atomic E-state index is 10.2. The molecule has 1 aromatic rings. The minimum absolute atomic E-state index is 0. The van der Waals surface area contributed by atoms with Crippen molar-refractivity contribution in [2.24, 2.45) is 0 Å². The Bertz CT molecular complexity index is 310. The van der Waals surface area contributed by atoms with E-state index >= 15 is 0 Å². The molecule has 8 heteroatoms. The van der Waals surface area contributed by atoms with Gasteiger partial charge in [-0.05, 0) is 12.1 Å². The molecule has 0 spiro atoms. The zero-order valence-corrected chi connectivity index (χ0v) is 13.6. The molecule has 0 saturated heterocycles. The molecule has 0 radical (unpaired) electrons. The fraction of sp³-hybridized carbons (Fsp3) is 0.143. The summed E-state index contributed by atoms with van der Waals surface area (Å²) < 4.78 is 19.2. The van der Waals surface area contributed by atoms with Crippen molar-refractivity contribution < 1.29 is 85.6 Å². The molecular weight excluding hydrogens is 241 g/mol. The molecular formula is C7H11Na2O5P. The second-order valence-corrected chi connectivity index (χ2v) is 3.43. The fourth-order valence-electron chi connectivity index (χ4n) is 0.680. The van der Waals surface area contributed by atoms with Crippen LogP contribution in [0.25, 0.3) is 0 Å². The standard InChI is InChI=1S/C7H9O5P.2Na.2H/c8-13(9,10)12-6-11-7-4-2-1-3-5-7;;;;/h1-5H,6H2,(H2,8,9,10);;;;/q;2*+1;2*-1. The third-order valence-electron chi connectivity index (χ3n) is 1.19. The van der Waals surface area contributed by atoms with Crippen molar-refractivity contribution in [2.45, 2.75) is 0 Å². The van der Waals surface area contributed by atoms with Crippen LogP contribution in [0.3, 0.4) is 0 Å². The summed E-state index contributed by atoms with van der Waals surface area (Å²) in [7, 11) is -4.43. The maximum absolute atomic E-state index is 10.2. The minimum atomic E-state index is -4.43. The molecule has 15 heavy (non-hydrogen) atoms. The monoisotopic (exact) mass is 252 g/mol. The number of benzene rings is 1. The zero-order valence-electron chi connectivity index (χ0n) is 10.7. The number of hydrogen-bond acceptors (Lipinski definition) is 3. The van der Waals surface area contributed by atoms with E-state index in [-0.39, 0.29) is 62.0 Å². The molecule has 5 nitrogen and oxygen atoms in total. The molecule has 1 aromatic carbocycles. The fourth-order valence-corrected chi connectivity index (χ4v) is 0.870. The summed E-state index contributed by atoms with van der Waals surface area (Å²) in [4.78, 5) is 16.6. The average molecular weight is 252 g/mol. The van der Waals surface area contributed by atoms with E-state index in [1.807, 2.05) is 0 Å². The van der Waals surface area contributed by atoms with Gasteiger partial charge in [-0.3, -0.25) is 0 Å². The number of rotatable bonds is 4. The van der Waals surface area contributed by atoms with E-state index in [4.69, 9.17) is 14.5 Å². The second-order valence-electron chi connectivity index (χ2n) is 2.19. The average Bonchev–Trinajstić information content (AvgIpc) is 2.04. The molecule has 0 atom stereocenters. The molecule has 0 saturated carbocycles. The van der Waals surface area contributed by atoms with Gasteiger partial charge >= 0.3 is 66.9 Å². The van der Waals surface area contributed by atoms with Gasteiger partial charge in [0.05, 0.1) is 0 Å². The SMILES string of the molecule is O=P(O)(O)OCOc1ccccc1.[H-].[H-].[Na+].[Na+]. The first-order valence-corrected chi connectivity index (χ1v) is 4.99. The summed E-state index contributed by atoms with van der Waals surface area (Å²) in [6.07, 6.45) is 0. The Labute approximate surface area is 135 Å². The van der Waals surface area contributed by atoms with Gasteiger partial charge in [-0.15, -0.1) is 0 Å². The molecule has 0 bridgehead atoms. The van der Waals surface area contributed by atoms with Gasteiger partial charge in [0.2, 0.25) is 0 Å². The van der Waals surface area contributed by atoms with Gasteiger partial charge in [-0.1, -0.05) is 18.2 Å². The van der Waals surface area contributed by atoms with Crippen molar-refractivity contribution in [3.05, 3.63) is 30.3 Å².